The second kappa shape index (κ2) is 5.34. The molecule has 1 atom stereocenters. The van der Waals surface area contributed by atoms with E-state index in [0.29, 0.717) is 22.2 Å². The van der Waals surface area contributed by atoms with Crippen LogP contribution >= 0.6 is 0 Å². The van der Waals surface area contributed by atoms with E-state index in [1.807, 2.05) is 0 Å². The highest BCUT2D eigenvalue weighted by molar-refractivity contribution is 5.72. The standard InChI is InChI=1S/C15H15FN4O2/c1-9-5-10(16)3-4-11(9)13(21)7-20-8-17-14-12(15(20)22)6-18-19(14)2/h3-6,8,13,21H,7H2,1-2H3. The quantitative estimate of drug-likeness (QED) is 0.792. The lowest BCUT2D eigenvalue weighted by Crippen LogP contribution is -2.24. The first-order valence-corrected chi connectivity index (χ1v) is 6.78. The molecule has 3 aromatic rings. The number of halogens is 1. The number of rotatable bonds is 3. The lowest BCUT2D eigenvalue weighted by molar-refractivity contribution is 0.154. The molecule has 0 radical (unpaired) electrons. The molecule has 0 amide bonds. The van der Waals surface area contributed by atoms with Gasteiger partial charge in [0.25, 0.3) is 5.56 Å². The number of aliphatic hydroxyl groups excluding tert-OH is 1. The molecular formula is C15H15FN4O2. The van der Waals surface area contributed by atoms with Crippen LogP contribution < -0.4 is 5.56 Å². The highest BCUT2D eigenvalue weighted by Crippen LogP contribution is 2.20. The molecule has 0 bridgehead atoms. The summed E-state index contributed by atoms with van der Waals surface area (Å²) in [6.45, 7) is 1.76. The fourth-order valence-electron chi connectivity index (χ4n) is 2.49. The Morgan fingerprint density at radius 2 is 2.18 bits per heavy atom. The van der Waals surface area contributed by atoms with Crippen LogP contribution in [0, 0.1) is 12.7 Å². The Morgan fingerprint density at radius 1 is 1.41 bits per heavy atom. The summed E-state index contributed by atoms with van der Waals surface area (Å²) >= 11 is 0. The largest absolute Gasteiger partial charge is 0.387 e. The van der Waals surface area contributed by atoms with Crippen LogP contribution in [0.3, 0.4) is 0 Å². The maximum Gasteiger partial charge on any atom is 0.264 e. The average Bonchev–Trinajstić information content (AvgIpc) is 2.84. The van der Waals surface area contributed by atoms with Crippen LogP contribution in [-0.4, -0.2) is 24.4 Å². The number of nitrogens with zero attached hydrogens (tertiary/aromatic N) is 4. The number of aryl methyl sites for hydroxylation is 2. The van der Waals surface area contributed by atoms with Gasteiger partial charge in [-0.2, -0.15) is 5.10 Å². The van der Waals surface area contributed by atoms with Gasteiger partial charge in [0.2, 0.25) is 0 Å². The van der Waals surface area contributed by atoms with E-state index in [-0.39, 0.29) is 17.9 Å². The number of fused-ring (bicyclic) bond motifs is 1. The van der Waals surface area contributed by atoms with E-state index in [1.54, 1.807) is 14.0 Å². The number of benzene rings is 1. The van der Waals surface area contributed by atoms with Crippen LogP contribution in [0.5, 0.6) is 0 Å². The molecule has 0 fully saturated rings. The molecule has 1 aromatic carbocycles. The summed E-state index contributed by atoms with van der Waals surface area (Å²) in [5, 5.41) is 14.7. The number of aliphatic hydroxyl groups is 1. The second-order valence-corrected chi connectivity index (χ2v) is 5.22. The van der Waals surface area contributed by atoms with Crippen molar-refractivity contribution in [2.24, 2.45) is 7.05 Å². The van der Waals surface area contributed by atoms with Crippen LogP contribution in [0.25, 0.3) is 11.0 Å². The van der Waals surface area contributed by atoms with Gasteiger partial charge in [0, 0.05) is 7.05 Å². The molecule has 0 spiro atoms. The third-order valence-electron chi connectivity index (χ3n) is 3.68. The molecule has 0 aliphatic carbocycles. The van der Waals surface area contributed by atoms with E-state index in [9.17, 15) is 14.3 Å². The molecule has 2 aromatic heterocycles. The minimum Gasteiger partial charge on any atom is -0.387 e. The first kappa shape index (κ1) is 14.4. The summed E-state index contributed by atoms with van der Waals surface area (Å²) in [4.78, 5) is 16.5. The Labute approximate surface area is 125 Å². The van der Waals surface area contributed by atoms with Crippen LogP contribution in [0.1, 0.15) is 17.2 Å². The van der Waals surface area contributed by atoms with Crippen LogP contribution in [0.15, 0.2) is 35.5 Å². The zero-order valence-electron chi connectivity index (χ0n) is 12.2. The Bertz CT molecular complexity index is 900. The predicted molar refractivity (Wildman–Crippen MR) is 78.9 cm³/mol. The van der Waals surface area contributed by atoms with Crippen molar-refractivity contribution >= 4 is 11.0 Å². The van der Waals surface area contributed by atoms with Gasteiger partial charge in [-0.25, -0.2) is 9.37 Å². The molecule has 7 heteroatoms. The SMILES string of the molecule is Cc1cc(F)ccc1C(O)Cn1cnc2c(cnn2C)c1=O. The van der Waals surface area contributed by atoms with Crippen molar-refractivity contribution < 1.29 is 9.50 Å². The minimum absolute atomic E-state index is 0.0448. The van der Waals surface area contributed by atoms with Crippen molar-refractivity contribution in [1.82, 2.24) is 19.3 Å². The summed E-state index contributed by atoms with van der Waals surface area (Å²) in [6.07, 6.45) is 1.92. The number of hydrogen-bond donors (Lipinski definition) is 1. The maximum atomic E-state index is 13.1. The normalized spacial score (nSPS) is 12.7. The van der Waals surface area contributed by atoms with E-state index < -0.39 is 6.10 Å². The fraction of sp³-hybridized carbons (Fsp3) is 0.267. The lowest BCUT2D eigenvalue weighted by Gasteiger charge is -2.15. The molecule has 3 rings (SSSR count). The average molecular weight is 302 g/mol. The van der Waals surface area contributed by atoms with Gasteiger partial charge in [-0.1, -0.05) is 6.07 Å². The summed E-state index contributed by atoms with van der Waals surface area (Å²) in [5.41, 5.74) is 1.45. The molecule has 6 nitrogen and oxygen atoms in total. The van der Waals surface area contributed by atoms with E-state index in [1.165, 1.54) is 40.0 Å². The Hall–Kier alpha value is -2.54. The first-order valence-electron chi connectivity index (χ1n) is 6.78. The fourth-order valence-corrected chi connectivity index (χ4v) is 2.49. The summed E-state index contributed by atoms with van der Waals surface area (Å²) < 4.78 is 16.0. The zero-order valence-corrected chi connectivity index (χ0v) is 12.2. The van der Waals surface area contributed by atoms with Crippen molar-refractivity contribution in [3.8, 4) is 0 Å². The van der Waals surface area contributed by atoms with Gasteiger partial charge in [0.15, 0.2) is 5.65 Å². The van der Waals surface area contributed by atoms with E-state index in [0.717, 1.165) is 0 Å². The number of hydrogen-bond acceptors (Lipinski definition) is 4. The van der Waals surface area contributed by atoms with Gasteiger partial charge >= 0.3 is 0 Å². The van der Waals surface area contributed by atoms with Crippen molar-refractivity contribution in [1.29, 1.82) is 0 Å². The zero-order chi connectivity index (χ0) is 15.9. The Balaban J connectivity index is 1.95. The maximum absolute atomic E-state index is 13.1. The summed E-state index contributed by atoms with van der Waals surface area (Å²) in [6, 6.07) is 4.16. The van der Waals surface area contributed by atoms with Crippen molar-refractivity contribution in [2.75, 3.05) is 0 Å². The van der Waals surface area contributed by atoms with Crippen LogP contribution in [-0.2, 0) is 13.6 Å². The molecule has 2 heterocycles. The molecular weight excluding hydrogens is 287 g/mol. The molecule has 114 valence electrons. The first-order chi connectivity index (χ1) is 10.5. The highest BCUT2D eigenvalue weighted by Gasteiger charge is 2.15. The monoisotopic (exact) mass is 302 g/mol. The predicted octanol–water partition coefficient (Wildman–Crippen LogP) is 1.31. The third-order valence-corrected chi connectivity index (χ3v) is 3.68. The van der Waals surface area contributed by atoms with Gasteiger partial charge in [-0.05, 0) is 30.2 Å². The van der Waals surface area contributed by atoms with E-state index in [4.69, 9.17) is 0 Å². The van der Waals surface area contributed by atoms with Gasteiger partial charge < -0.3 is 5.11 Å². The van der Waals surface area contributed by atoms with Crippen molar-refractivity contribution in [3.63, 3.8) is 0 Å². The third kappa shape index (κ3) is 2.39. The van der Waals surface area contributed by atoms with Crippen molar-refractivity contribution in [2.45, 2.75) is 19.6 Å². The highest BCUT2D eigenvalue weighted by atomic mass is 19.1. The van der Waals surface area contributed by atoms with Crippen LogP contribution in [0.2, 0.25) is 0 Å². The van der Waals surface area contributed by atoms with Gasteiger partial charge in [0.05, 0.1) is 18.8 Å². The Morgan fingerprint density at radius 3 is 2.91 bits per heavy atom. The molecule has 22 heavy (non-hydrogen) atoms. The van der Waals surface area contributed by atoms with E-state index in [2.05, 4.69) is 10.1 Å². The summed E-state index contributed by atoms with van der Waals surface area (Å²) in [7, 11) is 1.70. The molecule has 0 saturated carbocycles. The topological polar surface area (TPSA) is 72.9 Å². The summed E-state index contributed by atoms with van der Waals surface area (Å²) in [5.74, 6) is -0.357. The molecule has 1 N–H and O–H groups in total. The minimum atomic E-state index is -0.922. The van der Waals surface area contributed by atoms with Gasteiger partial charge in [-0.3, -0.25) is 14.0 Å². The Kier molecular flexibility index (Phi) is 3.50. The van der Waals surface area contributed by atoms with Gasteiger partial charge in [0.1, 0.15) is 17.5 Å². The van der Waals surface area contributed by atoms with Crippen molar-refractivity contribution in [3.05, 3.63) is 58.0 Å². The lowest BCUT2D eigenvalue weighted by atomic mass is 10.0. The van der Waals surface area contributed by atoms with E-state index >= 15 is 0 Å². The second-order valence-electron chi connectivity index (χ2n) is 5.22. The molecule has 0 aliphatic rings. The molecule has 0 saturated heterocycles. The number of aromatic nitrogens is 4. The van der Waals surface area contributed by atoms with Gasteiger partial charge in [-0.15, -0.1) is 0 Å². The smallest absolute Gasteiger partial charge is 0.264 e. The van der Waals surface area contributed by atoms with Crippen LogP contribution in [0.4, 0.5) is 4.39 Å². The molecule has 0 aliphatic heterocycles. The molecule has 1 unspecified atom stereocenters.